The molecule has 0 amide bonds. The Morgan fingerprint density at radius 2 is 2.00 bits per heavy atom. The number of nitrogens with zero attached hydrogens (tertiary/aromatic N) is 1. The molecule has 0 aromatic heterocycles. The number of hydrogen-bond donors (Lipinski definition) is 1. The minimum atomic E-state index is 0.0263. The van der Waals surface area contributed by atoms with E-state index >= 15 is 0 Å². The van der Waals surface area contributed by atoms with E-state index in [1.54, 1.807) is 26.4 Å². The van der Waals surface area contributed by atoms with Crippen LogP contribution in [0.5, 0.6) is 11.5 Å². The molecule has 0 radical (unpaired) electrons. The summed E-state index contributed by atoms with van der Waals surface area (Å²) in [5.74, 6) is 1.19. The molecule has 1 unspecified atom stereocenters. The van der Waals surface area contributed by atoms with Gasteiger partial charge in [0.2, 0.25) is 0 Å². The number of nitriles is 1. The van der Waals surface area contributed by atoms with E-state index in [2.05, 4.69) is 11.4 Å². The predicted octanol–water partition coefficient (Wildman–Crippen LogP) is 3.07. The average molecular weight is 255 g/mol. The van der Waals surface area contributed by atoms with E-state index in [9.17, 15) is 0 Å². The van der Waals surface area contributed by atoms with E-state index in [1.807, 2.05) is 6.92 Å². The average Bonchev–Trinajstić information content (AvgIpc) is 2.29. The molecule has 0 spiro atoms. The topological polar surface area (TPSA) is 54.3 Å². The highest BCUT2D eigenvalue weighted by molar-refractivity contribution is 6.32. The highest BCUT2D eigenvalue weighted by Gasteiger charge is 2.11. The second kappa shape index (κ2) is 6.21. The van der Waals surface area contributed by atoms with Crippen LogP contribution in [0.25, 0.3) is 0 Å². The zero-order valence-electron chi connectivity index (χ0n) is 10.1. The third kappa shape index (κ3) is 3.43. The van der Waals surface area contributed by atoms with Gasteiger partial charge in [-0.3, -0.25) is 0 Å². The molecule has 1 rings (SSSR count). The lowest BCUT2D eigenvalue weighted by Gasteiger charge is -2.16. The Hall–Kier alpha value is -1.60. The summed E-state index contributed by atoms with van der Waals surface area (Å²) in [6.07, 6.45) is 0.410. The second-order valence-electron chi connectivity index (χ2n) is 3.59. The van der Waals surface area contributed by atoms with Crippen LogP contribution in [0.15, 0.2) is 12.1 Å². The highest BCUT2D eigenvalue weighted by Crippen LogP contribution is 2.36. The SMILES string of the molecule is COc1cc(OC)c(NC(C)CC#N)cc1Cl. The second-order valence-corrected chi connectivity index (χ2v) is 4.00. The third-order valence-corrected chi connectivity index (χ3v) is 2.57. The number of nitrogens with one attached hydrogen (secondary N) is 1. The lowest BCUT2D eigenvalue weighted by molar-refractivity contribution is 0.395. The fourth-order valence-electron chi connectivity index (χ4n) is 1.43. The van der Waals surface area contributed by atoms with Crippen molar-refractivity contribution < 1.29 is 9.47 Å². The van der Waals surface area contributed by atoms with E-state index in [-0.39, 0.29) is 6.04 Å². The van der Waals surface area contributed by atoms with Crippen molar-refractivity contribution in [1.29, 1.82) is 5.26 Å². The highest BCUT2D eigenvalue weighted by atomic mass is 35.5. The predicted molar refractivity (Wildman–Crippen MR) is 67.9 cm³/mol. The van der Waals surface area contributed by atoms with Crippen molar-refractivity contribution in [2.75, 3.05) is 19.5 Å². The first-order chi connectivity index (χ1) is 8.12. The number of methoxy groups -OCH3 is 2. The molecular weight excluding hydrogens is 240 g/mol. The molecule has 0 fully saturated rings. The zero-order valence-corrected chi connectivity index (χ0v) is 10.8. The molecule has 0 aliphatic carbocycles. The molecule has 1 aromatic carbocycles. The molecule has 4 nitrogen and oxygen atoms in total. The van der Waals surface area contributed by atoms with Crippen LogP contribution in [0.3, 0.4) is 0 Å². The summed E-state index contributed by atoms with van der Waals surface area (Å²) < 4.78 is 10.3. The first-order valence-electron chi connectivity index (χ1n) is 5.17. The quantitative estimate of drug-likeness (QED) is 0.877. The minimum Gasteiger partial charge on any atom is -0.495 e. The van der Waals surface area contributed by atoms with E-state index < -0.39 is 0 Å². The van der Waals surface area contributed by atoms with E-state index in [1.165, 1.54) is 0 Å². The molecule has 0 bridgehead atoms. The molecule has 0 heterocycles. The largest absolute Gasteiger partial charge is 0.495 e. The van der Waals surface area contributed by atoms with Crippen LogP contribution < -0.4 is 14.8 Å². The van der Waals surface area contributed by atoms with Gasteiger partial charge >= 0.3 is 0 Å². The van der Waals surface area contributed by atoms with E-state index in [4.69, 9.17) is 26.3 Å². The van der Waals surface area contributed by atoms with Crippen molar-refractivity contribution in [2.45, 2.75) is 19.4 Å². The summed E-state index contributed by atoms with van der Waals surface area (Å²) in [5, 5.41) is 12.3. The lowest BCUT2D eigenvalue weighted by atomic mass is 10.2. The molecule has 1 N–H and O–H groups in total. The van der Waals surface area contributed by atoms with Crippen LogP contribution >= 0.6 is 11.6 Å². The Morgan fingerprint density at radius 1 is 1.35 bits per heavy atom. The Balaban J connectivity index is 2.99. The summed E-state index contributed by atoms with van der Waals surface area (Å²) in [5.41, 5.74) is 0.751. The maximum Gasteiger partial charge on any atom is 0.145 e. The molecule has 92 valence electrons. The van der Waals surface area contributed by atoms with Crippen LogP contribution in [-0.2, 0) is 0 Å². The first kappa shape index (κ1) is 13.5. The number of hydrogen-bond acceptors (Lipinski definition) is 4. The molecular formula is C12H15ClN2O2. The van der Waals surface area contributed by atoms with Gasteiger partial charge in [-0.15, -0.1) is 0 Å². The van der Waals surface area contributed by atoms with Gasteiger partial charge in [-0.25, -0.2) is 0 Å². The Morgan fingerprint density at radius 3 is 2.53 bits per heavy atom. The summed E-state index contributed by atoms with van der Waals surface area (Å²) in [4.78, 5) is 0. The molecule has 0 aliphatic rings. The van der Waals surface area contributed by atoms with Crippen molar-refractivity contribution in [3.63, 3.8) is 0 Å². The van der Waals surface area contributed by atoms with Gasteiger partial charge in [-0.2, -0.15) is 5.26 Å². The van der Waals surface area contributed by atoms with Crippen LogP contribution in [0.1, 0.15) is 13.3 Å². The molecule has 0 saturated carbocycles. The van der Waals surface area contributed by atoms with Crippen molar-refractivity contribution in [3.8, 4) is 17.6 Å². The van der Waals surface area contributed by atoms with Gasteiger partial charge in [0.1, 0.15) is 11.5 Å². The third-order valence-electron chi connectivity index (χ3n) is 2.27. The standard InChI is InChI=1S/C12H15ClN2O2/c1-8(4-5-14)15-10-6-9(13)11(16-2)7-12(10)17-3/h6-8,15H,4H2,1-3H3. The smallest absolute Gasteiger partial charge is 0.145 e. The normalized spacial score (nSPS) is 11.5. The summed E-state index contributed by atoms with van der Waals surface area (Å²) in [6.45, 7) is 1.92. The van der Waals surface area contributed by atoms with Crippen molar-refractivity contribution in [1.82, 2.24) is 0 Å². The molecule has 0 saturated heterocycles. The van der Waals surface area contributed by atoms with Gasteiger partial charge in [-0.1, -0.05) is 11.6 Å². The van der Waals surface area contributed by atoms with Crippen molar-refractivity contribution in [2.24, 2.45) is 0 Å². The van der Waals surface area contributed by atoms with Crippen LogP contribution in [0.2, 0.25) is 5.02 Å². The lowest BCUT2D eigenvalue weighted by Crippen LogP contribution is -2.14. The minimum absolute atomic E-state index is 0.0263. The monoisotopic (exact) mass is 254 g/mol. The summed E-state index contributed by atoms with van der Waals surface area (Å²) >= 11 is 6.03. The summed E-state index contributed by atoms with van der Waals surface area (Å²) in [6, 6.07) is 5.57. The zero-order chi connectivity index (χ0) is 12.8. The molecule has 1 atom stereocenters. The van der Waals surface area contributed by atoms with Crippen LogP contribution in [0.4, 0.5) is 5.69 Å². The Labute approximate surface area is 106 Å². The van der Waals surface area contributed by atoms with Crippen LogP contribution in [-0.4, -0.2) is 20.3 Å². The van der Waals surface area contributed by atoms with Crippen LogP contribution in [0, 0.1) is 11.3 Å². The van der Waals surface area contributed by atoms with Gasteiger partial charge in [0.15, 0.2) is 0 Å². The van der Waals surface area contributed by atoms with E-state index in [0.717, 1.165) is 5.69 Å². The summed E-state index contributed by atoms with van der Waals surface area (Å²) in [7, 11) is 3.12. The number of ether oxygens (including phenoxy) is 2. The molecule has 17 heavy (non-hydrogen) atoms. The molecule has 0 aliphatic heterocycles. The first-order valence-corrected chi connectivity index (χ1v) is 5.55. The Bertz CT molecular complexity index is 429. The van der Waals surface area contributed by atoms with Gasteiger partial charge in [-0.05, 0) is 13.0 Å². The maximum absolute atomic E-state index is 8.61. The van der Waals surface area contributed by atoms with E-state index in [0.29, 0.717) is 22.9 Å². The van der Waals surface area contributed by atoms with Gasteiger partial charge in [0, 0.05) is 12.1 Å². The molecule has 1 aromatic rings. The number of benzene rings is 1. The number of anilines is 1. The fraction of sp³-hybridized carbons (Fsp3) is 0.417. The molecule has 5 heteroatoms. The van der Waals surface area contributed by atoms with Gasteiger partial charge in [0.05, 0.1) is 37.4 Å². The number of rotatable bonds is 5. The van der Waals surface area contributed by atoms with Gasteiger partial charge in [0.25, 0.3) is 0 Å². The van der Waals surface area contributed by atoms with Crippen molar-refractivity contribution >= 4 is 17.3 Å². The maximum atomic E-state index is 8.61. The fourth-order valence-corrected chi connectivity index (χ4v) is 1.67. The Kier molecular flexibility index (Phi) is 4.92. The van der Waals surface area contributed by atoms with Crippen molar-refractivity contribution in [3.05, 3.63) is 17.2 Å². The number of halogens is 1. The van der Waals surface area contributed by atoms with Gasteiger partial charge < -0.3 is 14.8 Å².